The molecule has 8 heteroatoms. The molecular formula is C11H8ClF2N3O2. The van der Waals surface area contributed by atoms with Gasteiger partial charge in [0, 0.05) is 0 Å². The van der Waals surface area contributed by atoms with Crippen molar-refractivity contribution in [3.05, 3.63) is 46.6 Å². The lowest BCUT2D eigenvalue weighted by molar-refractivity contribution is 0.0933. The third kappa shape index (κ3) is 2.87. The molecule has 0 saturated heterocycles. The standard InChI is InChI=1S/C11H8ClF2N3O2/c1-5(10-15-4-19-17-10)16-11(18)6-2-9(14)7(12)3-8(6)13/h2-5H,1H3,(H,16,18)/t5-/m1/s1. The van der Waals surface area contributed by atoms with Crippen molar-refractivity contribution in [3.8, 4) is 0 Å². The van der Waals surface area contributed by atoms with Crippen molar-refractivity contribution in [2.24, 2.45) is 0 Å². The topological polar surface area (TPSA) is 68.0 Å². The molecule has 1 N–H and O–H groups in total. The van der Waals surface area contributed by atoms with Crippen LogP contribution in [0.15, 0.2) is 23.0 Å². The normalized spacial score (nSPS) is 12.2. The summed E-state index contributed by atoms with van der Waals surface area (Å²) in [4.78, 5) is 15.5. The van der Waals surface area contributed by atoms with Crippen LogP contribution in [0, 0.1) is 11.6 Å². The van der Waals surface area contributed by atoms with Gasteiger partial charge in [-0.25, -0.2) is 8.78 Å². The quantitative estimate of drug-likeness (QED) is 0.881. The molecule has 0 fully saturated rings. The first-order valence-electron chi connectivity index (χ1n) is 5.20. The predicted octanol–water partition coefficient (Wildman–Crippen LogP) is 2.49. The Kier molecular flexibility index (Phi) is 3.75. The maximum atomic E-state index is 13.5. The number of hydrogen-bond donors (Lipinski definition) is 1. The molecule has 19 heavy (non-hydrogen) atoms. The van der Waals surface area contributed by atoms with Crippen molar-refractivity contribution in [2.75, 3.05) is 0 Å². The van der Waals surface area contributed by atoms with Crippen LogP contribution in [0.25, 0.3) is 0 Å². The van der Waals surface area contributed by atoms with E-state index in [1.54, 1.807) is 6.92 Å². The monoisotopic (exact) mass is 287 g/mol. The Morgan fingerprint density at radius 1 is 1.42 bits per heavy atom. The van der Waals surface area contributed by atoms with E-state index in [2.05, 4.69) is 20.0 Å². The van der Waals surface area contributed by atoms with E-state index in [1.165, 1.54) is 0 Å². The van der Waals surface area contributed by atoms with Crippen LogP contribution in [0.3, 0.4) is 0 Å². The Morgan fingerprint density at radius 2 is 2.16 bits per heavy atom. The number of aromatic nitrogens is 2. The number of benzene rings is 1. The Morgan fingerprint density at radius 3 is 2.79 bits per heavy atom. The lowest BCUT2D eigenvalue weighted by Crippen LogP contribution is -2.28. The van der Waals surface area contributed by atoms with Crippen LogP contribution < -0.4 is 5.32 Å². The molecule has 0 spiro atoms. The van der Waals surface area contributed by atoms with E-state index in [9.17, 15) is 13.6 Å². The van der Waals surface area contributed by atoms with Gasteiger partial charge >= 0.3 is 0 Å². The molecule has 0 unspecified atom stereocenters. The van der Waals surface area contributed by atoms with E-state index in [4.69, 9.17) is 11.6 Å². The summed E-state index contributed by atoms with van der Waals surface area (Å²) < 4.78 is 31.2. The fraction of sp³-hybridized carbons (Fsp3) is 0.182. The summed E-state index contributed by atoms with van der Waals surface area (Å²) in [5, 5.41) is 5.55. The van der Waals surface area contributed by atoms with Gasteiger partial charge in [0.1, 0.15) is 11.6 Å². The highest BCUT2D eigenvalue weighted by Crippen LogP contribution is 2.20. The van der Waals surface area contributed by atoms with Gasteiger partial charge < -0.3 is 9.84 Å². The molecule has 1 heterocycles. The van der Waals surface area contributed by atoms with Crippen molar-refractivity contribution in [1.29, 1.82) is 0 Å². The summed E-state index contributed by atoms with van der Waals surface area (Å²) >= 11 is 5.40. The van der Waals surface area contributed by atoms with Crippen LogP contribution in [-0.2, 0) is 0 Å². The van der Waals surface area contributed by atoms with Gasteiger partial charge in [-0.1, -0.05) is 16.8 Å². The van der Waals surface area contributed by atoms with Gasteiger partial charge in [0.25, 0.3) is 5.91 Å². The molecule has 0 aliphatic rings. The number of halogens is 3. The molecule has 1 amide bonds. The van der Waals surface area contributed by atoms with E-state index in [0.29, 0.717) is 0 Å². The zero-order valence-electron chi connectivity index (χ0n) is 9.65. The van der Waals surface area contributed by atoms with Crippen molar-refractivity contribution < 1.29 is 18.1 Å². The molecular weight excluding hydrogens is 280 g/mol. The van der Waals surface area contributed by atoms with Gasteiger partial charge in [-0.3, -0.25) is 4.79 Å². The summed E-state index contributed by atoms with van der Waals surface area (Å²) in [5.74, 6) is -2.36. The molecule has 0 aliphatic heterocycles. The average molecular weight is 288 g/mol. The van der Waals surface area contributed by atoms with Crippen LogP contribution in [0.1, 0.15) is 29.1 Å². The second-order valence-corrected chi connectivity index (χ2v) is 4.14. The Labute approximate surface area is 111 Å². The lowest BCUT2D eigenvalue weighted by Gasteiger charge is -2.10. The predicted molar refractivity (Wildman–Crippen MR) is 61.5 cm³/mol. The molecule has 0 bridgehead atoms. The smallest absolute Gasteiger partial charge is 0.254 e. The van der Waals surface area contributed by atoms with Crippen LogP contribution >= 0.6 is 11.6 Å². The summed E-state index contributed by atoms with van der Waals surface area (Å²) in [7, 11) is 0. The molecule has 0 saturated carbocycles. The van der Waals surface area contributed by atoms with Gasteiger partial charge in [0.15, 0.2) is 5.82 Å². The summed E-state index contributed by atoms with van der Waals surface area (Å²) in [6.07, 6.45) is 1.10. The maximum Gasteiger partial charge on any atom is 0.254 e. The van der Waals surface area contributed by atoms with E-state index >= 15 is 0 Å². The highest BCUT2D eigenvalue weighted by molar-refractivity contribution is 6.30. The van der Waals surface area contributed by atoms with E-state index in [-0.39, 0.29) is 10.8 Å². The molecule has 5 nitrogen and oxygen atoms in total. The van der Waals surface area contributed by atoms with Crippen LogP contribution in [0.4, 0.5) is 8.78 Å². The van der Waals surface area contributed by atoms with Gasteiger partial charge in [-0.2, -0.15) is 4.98 Å². The van der Waals surface area contributed by atoms with Gasteiger partial charge in [0.2, 0.25) is 6.39 Å². The molecule has 0 aliphatic carbocycles. The van der Waals surface area contributed by atoms with E-state index in [0.717, 1.165) is 18.5 Å². The zero-order valence-corrected chi connectivity index (χ0v) is 10.4. The Bertz CT molecular complexity index is 604. The lowest BCUT2D eigenvalue weighted by atomic mass is 10.1. The Hall–Kier alpha value is -2.02. The van der Waals surface area contributed by atoms with Crippen molar-refractivity contribution in [3.63, 3.8) is 0 Å². The number of hydrogen-bond acceptors (Lipinski definition) is 4. The fourth-order valence-corrected chi connectivity index (χ4v) is 1.56. The summed E-state index contributed by atoms with van der Waals surface area (Å²) in [6.45, 7) is 1.58. The fourth-order valence-electron chi connectivity index (χ4n) is 1.41. The first kappa shape index (κ1) is 13.4. The highest BCUT2D eigenvalue weighted by atomic mass is 35.5. The van der Waals surface area contributed by atoms with Crippen molar-refractivity contribution in [2.45, 2.75) is 13.0 Å². The summed E-state index contributed by atoms with van der Waals surface area (Å²) in [6, 6.07) is 0.866. The van der Waals surface area contributed by atoms with Gasteiger partial charge in [0.05, 0.1) is 16.6 Å². The minimum atomic E-state index is -0.913. The van der Waals surface area contributed by atoms with Crippen molar-refractivity contribution >= 4 is 17.5 Å². The van der Waals surface area contributed by atoms with Crippen molar-refractivity contribution in [1.82, 2.24) is 15.5 Å². The summed E-state index contributed by atoms with van der Waals surface area (Å²) in [5.41, 5.74) is -0.447. The number of amides is 1. The highest BCUT2D eigenvalue weighted by Gasteiger charge is 2.19. The van der Waals surface area contributed by atoms with Crippen LogP contribution in [0.2, 0.25) is 5.02 Å². The second-order valence-electron chi connectivity index (χ2n) is 3.73. The first-order valence-corrected chi connectivity index (χ1v) is 5.58. The van der Waals surface area contributed by atoms with Crippen LogP contribution in [-0.4, -0.2) is 16.0 Å². The zero-order chi connectivity index (χ0) is 14.0. The average Bonchev–Trinajstić information content (AvgIpc) is 2.87. The van der Waals surface area contributed by atoms with E-state index in [1.807, 2.05) is 0 Å². The Balaban J connectivity index is 2.19. The third-order valence-corrected chi connectivity index (χ3v) is 2.66. The van der Waals surface area contributed by atoms with E-state index < -0.39 is 29.1 Å². The number of nitrogens with one attached hydrogen (secondary N) is 1. The molecule has 1 atom stereocenters. The van der Waals surface area contributed by atoms with Gasteiger partial charge in [-0.15, -0.1) is 0 Å². The third-order valence-electron chi connectivity index (χ3n) is 2.37. The second kappa shape index (κ2) is 5.31. The minimum Gasteiger partial charge on any atom is -0.343 e. The molecule has 2 rings (SSSR count). The number of nitrogens with zero attached hydrogens (tertiary/aromatic N) is 2. The minimum absolute atomic E-state index is 0.225. The number of rotatable bonds is 3. The molecule has 100 valence electrons. The molecule has 1 aromatic carbocycles. The molecule has 0 radical (unpaired) electrons. The van der Waals surface area contributed by atoms with Crippen LogP contribution in [0.5, 0.6) is 0 Å². The SMILES string of the molecule is C[C@@H](NC(=O)c1cc(F)c(Cl)cc1F)c1ncon1. The number of carbonyl (C=O) groups is 1. The number of carbonyl (C=O) groups excluding carboxylic acids is 1. The largest absolute Gasteiger partial charge is 0.343 e. The first-order chi connectivity index (χ1) is 8.99. The molecule has 1 aromatic heterocycles. The maximum absolute atomic E-state index is 13.5. The van der Waals surface area contributed by atoms with Gasteiger partial charge in [-0.05, 0) is 19.1 Å². The molecule has 2 aromatic rings.